The number of aliphatic carboxylic acids is 1. The number of carbonyl (C=O) groups is 2. The summed E-state index contributed by atoms with van der Waals surface area (Å²) in [5.41, 5.74) is 1.81. The quantitative estimate of drug-likeness (QED) is 0.852. The molecule has 2 N–H and O–H groups in total. The Hall–Kier alpha value is -2.63. The molecule has 0 saturated heterocycles. The number of rotatable bonds is 6. The van der Waals surface area contributed by atoms with E-state index in [1.807, 2.05) is 6.92 Å². The Balaban J connectivity index is 1.99. The first-order valence-corrected chi connectivity index (χ1v) is 6.73. The molecule has 2 aromatic rings. The van der Waals surface area contributed by atoms with E-state index in [-0.39, 0.29) is 12.3 Å². The summed E-state index contributed by atoms with van der Waals surface area (Å²) in [7, 11) is 0. The zero-order valence-corrected chi connectivity index (χ0v) is 11.7. The van der Waals surface area contributed by atoms with E-state index in [1.165, 1.54) is 6.20 Å². The van der Waals surface area contributed by atoms with E-state index in [2.05, 4.69) is 10.4 Å². The minimum absolute atomic E-state index is 0.0297. The number of anilines is 1. The lowest BCUT2D eigenvalue weighted by molar-refractivity contribution is -0.136. The Kier molecular flexibility index (Phi) is 4.71. The highest BCUT2D eigenvalue weighted by Gasteiger charge is 2.09. The lowest BCUT2D eigenvalue weighted by Crippen LogP contribution is -2.11. The molecule has 1 aromatic carbocycles. The molecule has 2 rings (SSSR count). The third kappa shape index (κ3) is 4.17. The largest absolute Gasteiger partial charge is 0.481 e. The number of carboxylic acids is 1. The van der Waals surface area contributed by atoms with E-state index in [9.17, 15) is 9.59 Å². The van der Waals surface area contributed by atoms with E-state index in [0.29, 0.717) is 16.8 Å². The first-order chi connectivity index (χ1) is 10.1. The third-order valence-corrected chi connectivity index (χ3v) is 2.92. The van der Waals surface area contributed by atoms with E-state index in [1.54, 1.807) is 35.1 Å². The minimum atomic E-state index is -0.880. The predicted octanol–water partition coefficient (Wildman–Crippen LogP) is 2.17. The summed E-state index contributed by atoms with van der Waals surface area (Å²) in [5, 5.41) is 15.6. The van der Waals surface area contributed by atoms with Crippen molar-refractivity contribution < 1.29 is 14.7 Å². The van der Waals surface area contributed by atoms with Crippen LogP contribution in [0.15, 0.2) is 36.7 Å². The molecule has 0 saturated carbocycles. The number of hydrogen-bond donors (Lipinski definition) is 2. The molecule has 0 atom stereocenters. The van der Waals surface area contributed by atoms with E-state index >= 15 is 0 Å². The molecule has 1 amide bonds. The highest BCUT2D eigenvalue weighted by molar-refractivity contribution is 6.03. The van der Waals surface area contributed by atoms with Gasteiger partial charge in [-0.3, -0.25) is 14.3 Å². The maximum Gasteiger partial charge on any atom is 0.307 e. The Bertz CT molecular complexity index is 632. The number of nitrogens with zero attached hydrogens (tertiary/aromatic N) is 2. The summed E-state index contributed by atoms with van der Waals surface area (Å²) in [6, 6.07) is 6.74. The van der Waals surface area contributed by atoms with Crippen LogP contribution in [0.2, 0.25) is 0 Å². The smallest absolute Gasteiger partial charge is 0.307 e. The average molecular weight is 287 g/mol. The first-order valence-electron chi connectivity index (χ1n) is 6.73. The van der Waals surface area contributed by atoms with Gasteiger partial charge in [0.25, 0.3) is 5.91 Å². The normalized spacial score (nSPS) is 10.3. The molecule has 21 heavy (non-hydrogen) atoms. The molecule has 0 aliphatic heterocycles. The second kappa shape index (κ2) is 6.69. The number of hydrogen-bond acceptors (Lipinski definition) is 3. The topological polar surface area (TPSA) is 84.2 Å². The third-order valence-electron chi connectivity index (χ3n) is 2.92. The van der Waals surface area contributed by atoms with Gasteiger partial charge in [0.05, 0.1) is 18.2 Å². The van der Waals surface area contributed by atoms with Crippen molar-refractivity contribution in [2.75, 3.05) is 5.32 Å². The van der Waals surface area contributed by atoms with Gasteiger partial charge < -0.3 is 10.4 Å². The van der Waals surface area contributed by atoms with Crippen molar-refractivity contribution in [3.05, 3.63) is 47.8 Å². The van der Waals surface area contributed by atoms with Crippen molar-refractivity contribution in [2.45, 2.75) is 26.3 Å². The van der Waals surface area contributed by atoms with E-state index < -0.39 is 5.97 Å². The van der Waals surface area contributed by atoms with Crippen molar-refractivity contribution in [1.82, 2.24) is 9.78 Å². The number of benzene rings is 1. The molecule has 0 fully saturated rings. The molecule has 1 heterocycles. The second-order valence-electron chi connectivity index (χ2n) is 4.71. The van der Waals surface area contributed by atoms with Crippen LogP contribution in [0.3, 0.4) is 0 Å². The Morgan fingerprint density at radius 1 is 1.29 bits per heavy atom. The zero-order valence-electron chi connectivity index (χ0n) is 11.7. The lowest BCUT2D eigenvalue weighted by Gasteiger charge is -2.04. The Morgan fingerprint density at radius 2 is 2.00 bits per heavy atom. The van der Waals surface area contributed by atoms with Crippen molar-refractivity contribution in [3.8, 4) is 0 Å². The highest BCUT2D eigenvalue weighted by atomic mass is 16.4. The fourth-order valence-corrected chi connectivity index (χ4v) is 1.92. The number of aryl methyl sites for hydroxylation is 1. The van der Waals surface area contributed by atoms with Gasteiger partial charge in [0.15, 0.2) is 0 Å². The van der Waals surface area contributed by atoms with Crippen LogP contribution in [0.4, 0.5) is 5.69 Å². The summed E-state index contributed by atoms with van der Waals surface area (Å²) < 4.78 is 1.73. The van der Waals surface area contributed by atoms with Crippen LogP contribution in [0.25, 0.3) is 0 Å². The standard InChI is InChI=1S/C15H17N3O3/c1-2-7-18-10-12(9-16-18)15(21)17-13-5-3-11(4-6-13)8-14(19)20/h3-6,9-10H,2,7-8H2,1H3,(H,17,21)(H,19,20). The number of carboxylic acid groups (broad SMARTS) is 1. The van der Waals surface area contributed by atoms with Crippen LogP contribution in [-0.4, -0.2) is 26.8 Å². The first kappa shape index (κ1) is 14.8. The van der Waals surface area contributed by atoms with Gasteiger partial charge >= 0.3 is 5.97 Å². The van der Waals surface area contributed by atoms with Gasteiger partial charge in [-0.2, -0.15) is 5.10 Å². The molecule has 0 unspecified atom stereocenters. The van der Waals surface area contributed by atoms with E-state index in [4.69, 9.17) is 5.11 Å². The molecule has 0 aliphatic carbocycles. The second-order valence-corrected chi connectivity index (χ2v) is 4.71. The molecule has 1 aromatic heterocycles. The molecule has 110 valence electrons. The zero-order chi connectivity index (χ0) is 15.2. The molecule has 0 aliphatic rings. The van der Waals surface area contributed by atoms with Crippen molar-refractivity contribution in [3.63, 3.8) is 0 Å². The summed E-state index contributed by atoms with van der Waals surface area (Å²) in [6.07, 6.45) is 4.16. The summed E-state index contributed by atoms with van der Waals surface area (Å²) in [6.45, 7) is 2.82. The molecule has 0 spiro atoms. The molecule has 6 nitrogen and oxygen atoms in total. The monoisotopic (exact) mass is 287 g/mol. The maximum absolute atomic E-state index is 12.0. The van der Waals surface area contributed by atoms with Crippen LogP contribution in [-0.2, 0) is 17.8 Å². The van der Waals surface area contributed by atoms with Gasteiger partial charge in [-0.1, -0.05) is 19.1 Å². The maximum atomic E-state index is 12.0. The Labute approximate surface area is 122 Å². The minimum Gasteiger partial charge on any atom is -0.481 e. The van der Waals surface area contributed by atoms with Gasteiger partial charge in [-0.25, -0.2) is 0 Å². The Morgan fingerprint density at radius 3 is 2.62 bits per heavy atom. The van der Waals surface area contributed by atoms with Crippen molar-refractivity contribution in [2.24, 2.45) is 0 Å². The van der Waals surface area contributed by atoms with E-state index in [0.717, 1.165) is 13.0 Å². The van der Waals surface area contributed by atoms with Gasteiger partial charge in [-0.05, 0) is 24.1 Å². The van der Waals surface area contributed by atoms with Gasteiger partial charge in [0, 0.05) is 18.4 Å². The van der Waals surface area contributed by atoms with Crippen LogP contribution in [0.5, 0.6) is 0 Å². The van der Waals surface area contributed by atoms with Gasteiger partial charge in [-0.15, -0.1) is 0 Å². The SMILES string of the molecule is CCCn1cc(C(=O)Nc2ccc(CC(=O)O)cc2)cn1. The van der Waals surface area contributed by atoms with Crippen LogP contribution < -0.4 is 5.32 Å². The van der Waals surface area contributed by atoms with Crippen molar-refractivity contribution >= 4 is 17.6 Å². The summed E-state index contributed by atoms with van der Waals surface area (Å²) in [5.74, 6) is -1.11. The van der Waals surface area contributed by atoms with Crippen molar-refractivity contribution in [1.29, 1.82) is 0 Å². The van der Waals surface area contributed by atoms with Crippen LogP contribution >= 0.6 is 0 Å². The van der Waals surface area contributed by atoms with Gasteiger partial charge in [0.2, 0.25) is 0 Å². The molecular formula is C15H17N3O3. The molecule has 0 radical (unpaired) electrons. The molecule has 0 bridgehead atoms. The lowest BCUT2D eigenvalue weighted by atomic mass is 10.1. The summed E-state index contributed by atoms with van der Waals surface area (Å²) >= 11 is 0. The van der Waals surface area contributed by atoms with Crippen LogP contribution in [0.1, 0.15) is 29.3 Å². The molecular weight excluding hydrogens is 270 g/mol. The fraction of sp³-hybridized carbons (Fsp3) is 0.267. The fourth-order valence-electron chi connectivity index (χ4n) is 1.92. The number of amides is 1. The number of nitrogens with one attached hydrogen (secondary N) is 1. The summed E-state index contributed by atoms with van der Waals surface area (Å²) in [4.78, 5) is 22.6. The van der Waals surface area contributed by atoms with Gasteiger partial charge in [0.1, 0.15) is 0 Å². The predicted molar refractivity (Wildman–Crippen MR) is 78.3 cm³/mol. The average Bonchev–Trinajstić information content (AvgIpc) is 2.89. The highest BCUT2D eigenvalue weighted by Crippen LogP contribution is 2.12. The number of aromatic nitrogens is 2. The molecule has 6 heteroatoms. The van der Waals surface area contributed by atoms with Crippen LogP contribution in [0, 0.1) is 0 Å². The number of carbonyl (C=O) groups excluding carboxylic acids is 1.